The van der Waals surface area contributed by atoms with Crippen LogP contribution in [0.15, 0.2) is 46.4 Å². The maximum absolute atomic E-state index is 13.4. The zero-order valence-electron chi connectivity index (χ0n) is 16.5. The Labute approximate surface area is 190 Å². The number of sulfonamides is 1. The van der Waals surface area contributed by atoms with Crippen molar-refractivity contribution in [2.45, 2.75) is 38.1 Å². The van der Waals surface area contributed by atoms with Gasteiger partial charge in [-0.2, -0.15) is 5.10 Å². The normalized spacial score (nSPS) is 17.0. The Kier molecular flexibility index (Phi) is 6.67. The Morgan fingerprint density at radius 3 is 2.23 bits per heavy atom. The maximum Gasteiger partial charge on any atom is 0.266 e. The second-order valence-electron chi connectivity index (χ2n) is 7.28. The summed E-state index contributed by atoms with van der Waals surface area (Å²) < 4.78 is 28.1. The number of rotatable bonds is 5. The van der Waals surface area contributed by atoms with Crippen LogP contribution in [-0.4, -0.2) is 26.1 Å². The average molecular weight is 489 g/mol. The van der Waals surface area contributed by atoms with Crippen LogP contribution in [-0.2, 0) is 14.8 Å². The van der Waals surface area contributed by atoms with E-state index >= 15 is 0 Å². The van der Waals surface area contributed by atoms with E-state index in [-0.39, 0.29) is 31.8 Å². The van der Waals surface area contributed by atoms with Crippen molar-refractivity contribution in [1.82, 2.24) is 5.43 Å². The minimum absolute atomic E-state index is 0.00667. The molecule has 0 spiro atoms. The molecule has 160 valence electrons. The lowest BCUT2D eigenvalue weighted by Crippen LogP contribution is -2.37. The standard InChI is InChI=1S/C20H20Cl3N3O3S/c1-11(2)26(30(28,29)18-10-16(22)15(21)9-17(18)23)14-6-4-13(5-7-14)20-12(3)8-19(27)24-25-20/h4-7,9-12H,8H2,1-3H3,(H,24,27). The van der Waals surface area contributed by atoms with Gasteiger partial charge in [0.1, 0.15) is 4.90 Å². The van der Waals surface area contributed by atoms with E-state index in [2.05, 4.69) is 10.5 Å². The highest BCUT2D eigenvalue weighted by Crippen LogP contribution is 2.35. The van der Waals surface area contributed by atoms with Crippen molar-refractivity contribution >= 4 is 62.1 Å². The summed E-state index contributed by atoms with van der Waals surface area (Å²) in [4.78, 5) is 11.3. The van der Waals surface area contributed by atoms with Crippen LogP contribution in [0.2, 0.25) is 15.1 Å². The highest BCUT2D eigenvalue weighted by molar-refractivity contribution is 7.93. The van der Waals surface area contributed by atoms with Crippen molar-refractivity contribution in [1.29, 1.82) is 0 Å². The number of nitrogens with one attached hydrogen (secondary N) is 1. The predicted molar refractivity (Wildman–Crippen MR) is 121 cm³/mol. The van der Waals surface area contributed by atoms with E-state index in [1.807, 2.05) is 6.92 Å². The van der Waals surface area contributed by atoms with Crippen LogP contribution >= 0.6 is 34.8 Å². The molecule has 1 unspecified atom stereocenters. The molecule has 1 amide bonds. The quantitative estimate of drug-likeness (QED) is 0.594. The summed E-state index contributed by atoms with van der Waals surface area (Å²) in [5.41, 5.74) is 4.49. The van der Waals surface area contributed by atoms with E-state index in [1.54, 1.807) is 38.1 Å². The summed E-state index contributed by atoms with van der Waals surface area (Å²) in [7, 11) is -4.01. The second-order valence-corrected chi connectivity index (χ2v) is 10.3. The number of carbonyl (C=O) groups is 1. The van der Waals surface area contributed by atoms with E-state index in [0.717, 1.165) is 11.3 Å². The Morgan fingerprint density at radius 2 is 1.67 bits per heavy atom. The van der Waals surface area contributed by atoms with E-state index in [9.17, 15) is 13.2 Å². The third-order valence-electron chi connectivity index (χ3n) is 4.66. The molecule has 0 aliphatic carbocycles. The molecule has 1 N–H and O–H groups in total. The van der Waals surface area contributed by atoms with Gasteiger partial charge in [0.2, 0.25) is 5.91 Å². The molecular formula is C20H20Cl3N3O3S. The highest BCUT2D eigenvalue weighted by atomic mass is 35.5. The van der Waals surface area contributed by atoms with Crippen molar-refractivity contribution < 1.29 is 13.2 Å². The molecule has 2 aromatic rings. The molecule has 1 heterocycles. The largest absolute Gasteiger partial charge is 0.273 e. The maximum atomic E-state index is 13.4. The van der Waals surface area contributed by atoms with Crippen molar-refractivity contribution in [3.05, 3.63) is 57.0 Å². The first-order valence-corrected chi connectivity index (χ1v) is 11.8. The van der Waals surface area contributed by atoms with Crippen LogP contribution in [0.1, 0.15) is 32.8 Å². The van der Waals surface area contributed by atoms with Crippen LogP contribution in [0.3, 0.4) is 0 Å². The van der Waals surface area contributed by atoms with Gasteiger partial charge in [-0.05, 0) is 43.7 Å². The lowest BCUT2D eigenvalue weighted by molar-refractivity contribution is -0.121. The Hall–Kier alpha value is -1.80. The van der Waals surface area contributed by atoms with E-state index in [4.69, 9.17) is 34.8 Å². The van der Waals surface area contributed by atoms with E-state index < -0.39 is 16.1 Å². The molecule has 0 radical (unpaired) electrons. The molecule has 6 nitrogen and oxygen atoms in total. The summed E-state index contributed by atoms with van der Waals surface area (Å²) in [6, 6.07) is 9.14. The van der Waals surface area contributed by atoms with Crippen LogP contribution in [0.4, 0.5) is 5.69 Å². The summed E-state index contributed by atoms with van der Waals surface area (Å²) in [5.74, 6) is -0.164. The third-order valence-corrected chi connectivity index (χ3v) is 7.85. The van der Waals surface area contributed by atoms with Crippen LogP contribution in [0.25, 0.3) is 0 Å². The topological polar surface area (TPSA) is 78.8 Å². The van der Waals surface area contributed by atoms with Crippen molar-refractivity contribution in [2.75, 3.05) is 4.31 Å². The van der Waals surface area contributed by atoms with Gasteiger partial charge in [0.15, 0.2) is 0 Å². The smallest absolute Gasteiger partial charge is 0.266 e. The third kappa shape index (κ3) is 4.44. The highest BCUT2D eigenvalue weighted by Gasteiger charge is 2.30. The molecule has 30 heavy (non-hydrogen) atoms. The Morgan fingerprint density at radius 1 is 1.07 bits per heavy atom. The zero-order valence-corrected chi connectivity index (χ0v) is 19.6. The fraction of sp³-hybridized carbons (Fsp3) is 0.300. The lowest BCUT2D eigenvalue weighted by Gasteiger charge is -2.29. The fourth-order valence-corrected chi connectivity index (χ4v) is 5.95. The molecule has 3 rings (SSSR count). The monoisotopic (exact) mass is 487 g/mol. The molecule has 1 aliphatic rings. The van der Waals surface area contributed by atoms with Crippen molar-refractivity contribution in [3.63, 3.8) is 0 Å². The van der Waals surface area contributed by atoms with Gasteiger partial charge < -0.3 is 0 Å². The minimum Gasteiger partial charge on any atom is -0.273 e. The number of hydrogen-bond donors (Lipinski definition) is 1. The molecule has 10 heteroatoms. The first-order valence-electron chi connectivity index (χ1n) is 9.18. The Balaban J connectivity index is 2.01. The summed E-state index contributed by atoms with van der Waals surface area (Å²) in [5, 5.41) is 4.41. The number of anilines is 1. The van der Waals surface area contributed by atoms with Gasteiger partial charge in [-0.3, -0.25) is 9.10 Å². The summed E-state index contributed by atoms with van der Waals surface area (Å²) in [6.45, 7) is 5.45. The van der Waals surface area contributed by atoms with E-state index in [1.165, 1.54) is 16.4 Å². The van der Waals surface area contributed by atoms with Crippen molar-refractivity contribution in [2.24, 2.45) is 11.0 Å². The Bertz CT molecular complexity index is 1120. The number of nitrogens with zero attached hydrogens (tertiary/aromatic N) is 2. The van der Waals surface area contributed by atoms with Crippen LogP contribution in [0, 0.1) is 5.92 Å². The summed E-state index contributed by atoms with van der Waals surface area (Å²) in [6.07, 6.45) is 0.350. The second kappa shape index (κ2) is 8.75. The van der Waals surface area contributed by atoms with Gasteiger partial charge in [-0.25, -0.2) is 13.8 Å². The van der Waals surface area contributed by atoms with Gasteiger partial charge in [0, 0.05) is 18.4 Å². The molecule has 0 fully saturated rings. The van der Waals surface area contributed by atoms with Gasteiger partial charge in [0.25, 0.3) is 10.0 Å². The number of halogens is 3. The fourth-order valence-electron chi connectivity index (χ4n) is 3.30. The lowest BCUT2D eigenvalue weighted by atomic mass is 9.94. The number of carbonyl (C=O) groups excluding carboxylic acids is 1. The average Bonchev–Trinajstić information content (AvgIpc) is 2.65. The number of hydrazone groups is 1. The van der Waals surface area contributed by atoms with Crippen LogP contribution < -0.4 is 9.73 Å². The van der Waals surface area contributed by atoms with Gasteiger partial charge >= 0.3 is 0 Å². The zero-order chi connectivity index (χ0) is 22.2. The molecule has 0 bridgehead atoms. The summed E-state index contributed by atoms with van der Waals surface area (Å²) >= 11 is 18.2. The van der Waals surface area contributed by atoms with Crippen molar-refractivity contribution in [3.8, 4) is 0 Å². The predicted octanol–water partition coefficient (Wildman–Crippen LogP) is 5.11. The van der Waals surface area contributed by atoms with Gasteiger partial charge in [-0.1, -0.05) is 53.9 Å². The molecule has 0 saturated heterocycles. The molecule has 0 saturated carbocycles. The first kappa shape index (κ1) is 22.9. The number of benzene rings is 2. The molecule has 1 aliphatic heterocycles. The molecule has 1 atom stereocenters. The SMILES string of the molecule is CC1CC(=O)NN=C1c1ccc(N(C(C)C)S(=O)(=O)c2cc(Cl)c(Cl)cc2Cl)cc1. The van der Waals surface area contributed by atoms with E-state index in [0.29, 0.717) is 12.1 Å². The molecule has 0 aromatic heterocycles. The number of amides is 1. The number of hydrogen-bond acceptors (Lipinski definition) is 4. The van der Waals surface area contributed by atoms with Crippen LogP contribution in [0.5, 0.6) is 0 Å². The van der Waals surface area contributed by atoms with Gasteiger partial charge in [-0.15, -0.1) is 0 Å². The van der Waals surface area contributed by atoms with Gasteiger partial charge in [0.05, 0.1) is 26.5 Å². The first-order chi connectivity index (χ1) is 14.0. The molecule has 2 aromatic carbocycles. The minimum atomic E-state index is -4.01. The molecular weight excluding hydrogens is 469 g/mol.